The molecule has 1 atom stereocenters. The first-order chi connectivity index (χ1) is 16.4. The Labute approximate surface area is 200 Å². The van der Waals surface area contributed by atoms with Crippen LogP contribution in [-0.4, -0.2) is 46.7 Å². The highest BCUT2D eigenvalue weighted by atomic mass is 32.2. The summed E-state index contributed by atoms with van der Waals surface area (Å²) in [5.74, 6) is -0.418. The predicted octanol–water partition coefficient (Wildman–Crippen LogP) is 3.36. The molecule has 2 N–H and O–H groups in total. The zero-order chi connectivity index (χ0) is 24.0. The van der Waals surface area contributed by atoms with Gasteiger partial charge in [-0.1, -0.05) is 48.0 Å². The zero-order valence-electron chi connectivity index (χ0n) is 19.1. The van der Waals surface area contributed by atoms with E-state index in [1.807, 2.05) is 61.5 Å². The monoisotopic (exact) mass is 479 g/mol. The fraction of sp³-hybridized carbons (Fsp3) is 0.269. The van der Waals surface area contributed by atoms with Crippen molar-refractivity contribution < 1.29 is 17.9 Å². The Morgan fingerprint density at radius 2 is 1.59 bits per heavy atom. The summed E-state index contributed by atoms with van der Waals surface area (Å²) >= 11 is 0. The Morgan fingerprint density at radius 1 is 0.941 bits per heavy atom. The van der Waals surface area contributed by atoms with E-state index in [-0.39, 0.29) is 11.3 Å². The molecule has 3 aromatic carbocycles. The molecule has 1 amide bonds. The molecule has 0 radical (unpaired) electrons. The second-order valence-corrected chi connectivity index (χ2v) is 10.0. The van der Waals surface area contributed by atoms with Gasteiger partial charge in [0.2, 0.25) is 15.9 Å². The van der Waals surface area contributed by atoms with Crippen LogP contribution in [0.15, 0.2) is 83.8 Å². The Hall–Kier alpha value is -3.20. The molecule has 0 spiro atoms. The van der Waals surface area contributed by atoms with E-state index in [9.17, 15) is 13.2 Å². The summed E-state index contributed by atoms with van der Waals surface area (Å²) in [5.41, 5.74) is 3.48. The molecule has 34 heavy (non-hydrogen) atoms. The first-order valence-electron chi connectivity index (χ1n) is 11.3. The van der Waals surface area contributed by atoms with Crippen LogP contribution in [0.3, 0.4) is 0 Å². The lowest BCUT2D eigenvalue weighted by molar-refractivity contribution is -0.117. The Balaban J connectivity index is 1.51. The zero-order valence-corrected chi connectivity index (χ0v) is 19.9. The lowest BCUT2D eigenvalue weighted by atomic mass is 10.1. The first kappa shape index (κ1) is 23.9. The number of nitrogens with one attached hydrogen (secondary N) is 2. The number of hydrogen-bond acceptors (Lipinski definition) is 5. The number of anilines is 2. The van der Waals surface area contributed by atoms with E-state index in [4.69, 9.17) is 4.74 Å². The molecule has 0 unspecified atom stereocenters. The number of morpholine rings is 1. The molecule has 1 aliphatic rings. The van der Waals surface area contributed by atoms with Crippen LogP contribution in [0.5, 0.6) is 0 Å². The van der Waals surface area contributed by atoms with Crippen molar-refractivity contribution in [2.45, 2.75) is 24.3 Å². The molecule has 1 saturated heterocycles. The van der Waals surface area contributed by atoms with Crippen LogP contribution in [-0.2, 0) is 26.0 Å². The lowest BCUT2D eigenvalue weighted by Gasteiger charge is -2.29. The predicted molar refractivity (Wildman–Crippen MR) is 134 cm³/mol. The molecule has 178 valence electrons. The fourth-order valence-corrected chi connectivity index (χ4v) is 5.01. The minimum Gasteiger partial charge on any atom is -0.378 e. The number of aryl methyl sites for hydroxylation is 1. The van der Waals surface area contributed by atoms with E-state index in [2.05, 4.69) is 14.9 Å². The van der Waals surface area contributed by atoms with Crippen molar-refractivity contribution in [3.05, 3.63) is 90.0 Å². The summed E-state index contributed by atoms with van der Waals surface area (Å²) < 4.78 is 34.0. The van der Waals surface area contributed by atoms with Crippen molar-refractivity contribution in [1.82, 2.24) is 4.72 Å². The summed E-state index contributed by atoms with van der Waals surface area (Å²) in [4.78, 5) is 15.6. The maximum Gasteiger partial charge on any atom is 0.242 e. The Kier molecular flexibility index (Phi) is 7.62. The topological polar surface area (TPSA) is 87.7 Å². The molecular weight excluding hydrogens is 450 g/mol. The summed E-state index contributed by atoms with van der Waals surface area (Å²) in [6, 6.07) is 22.5. The average molecular weight is 480 g/mol. The molecular formula is C26H29N3O4S. The molecule has 0 bridgehead atoms. The first-order valence-corrected chi connectivity index (χ1v) is 12.8. The maximum absolute atomic E-state index is 13.2. The van der Waals surface area contributed by atoms with Gasteiger partial charge in [0.05, 0.1) is 18.1 Å². The molecule has 1 aliphatic heterocycles. The smallest absolute Gasteiger partial charge is 0.242 e. The number of amides is 1. The van der Waals surface area contributed by atoms with Gasteiger partial charge in [0.15, 0.2) is 0 Å². The van der Waals surface area contributed by atoms with Crippen LogP contribution < -0.4 is 14.9 Å². The van der Waals surface area contributed by atoms with E-state index in [1.54, 1.807) is 24.3 Å². The molecule has 4 rings (SSSR count). The second-order valence-electron chi connectivity index (χ2n) is 8.31. The van der Waals surface area contributed by atoms with Crippen LogP contribution in [0.2, 0.25) is 0 Å². The number of rotatable bonds is 8. The molecule has 1 heterocycles. The number of ether oxygens (including phenoxy) is 1. The minimum atomic E-state index is -3.88. The van der Waals surface area contributed by atoms with Gasteiger partial charge in [-0.25, -0.2) is 8.42 Å². The van der Waals surface area contributed by atoms with Gasteiger partial charge in [-0.3, -0.25) is 4.79 Å². The standard InChI is InChI=1S/C26H29N3O4S/c1-20-7-13-24(14-8-20)34(31,32)28-25(19-21-5-3-2-4-6-21)26(30)27-22-9-11-23(12-10-22)29-15-17-33-18-16-29/h2-14,25,28H,15-19H2,1H3,(H,27,30)/t25-/m0/s1. The van der Waals surface area contributed by atoms with Crippen LogP contribution in [0.1, 0.15) is 11.1 Å². The quantitative estimate of drug-likeness (QED) is 0.517. The van der Waals surface area contributed by atoms with Gasteiger partial charge < -0.3 is 15.0 Å². The summed E-state index contributed by atoms with van der Waals surface area (Å²) in [6.07, 6.45) is 0.226. The molecule has 1 fully saturated rings. The Bertz CT molecular complexity index is 1190. The van der Waals surface area contributed by atoms with E-state index in [0.717, 1.165) is 29.9 Å². The van der Waals surface area contributed by atoms with Crippen LogP contribution in [0.4, 0.5) is 11.4 Å². The number of nitrogens with zero attached hydrogens (tertiary/aromatic N) is 1. The number of benzene rings is 3. The van der Waals surface area contributed by atoms with Crippen molar-refractivity contribution in [3.63, 3.8) is 0 Å². The SMILES string of the molecule is Cc1ccc(S(=O)(=O)N[C@@H](Cc2ccccc2)C(=O)Nc2ccc(N3CCOCC3)cc2)cc1. The third-order valence-corrected chi connectivity index (χ3v) is 7.23. The number of carbonyl (C=O) groups is 1. The van der Waals surface area contributed by atoms with Crippen molar-refractivity contribution in [2.24, 2.45) is 0 Å². The van der Waals surface area contributed by atoms with Gasteiger partial charge in [0.1, 0.15) is 6.04 Å². The van der Waals surface area contributed by atoms with Gasteiger partial charge in [0, 0.05) is 24.5 Å². The molecule has 0 aliphatic carbocycles. The van der Waals surface area contributed by atoms with Crippen LogP contribution in [0.25, 0.3) is 0 Å². The van der Waals surface area contributed by atoms with Crippen molar-refractivity contribution in [1.29, 1.82) is 0 Å². The van der Waals surface area contributed by atoms with Crippen molar-refractivity contribution in [2.75, 3.05) is 36.5 Å². The van der Waals surface area contributed by atoms with Gasteiger partial charge in [-0.05, 0) is 55.3 Å². The molecule has 3 aromatic rings. The van der Waals surface area contributed by atoms with E-state index in [0.29, 0.717) is 18.9 Å². The molecule has 7 nitrogen and oxygen atoms in total. The third kappa shape index (κ3) is 6.22. The third-order valence-electron chi connectivity index (χ3n) is 5.74. The number of carbonyl (C=O) groups excluding carboxylic acids is 1. The Morgan fingerprint density at radius 3 is 2.24 bits per heavy atom. The molecule has 0 saturated carbocycles. The minimum absolute atomic E-state index is 0.124. The fourth-order valence-electron chi connectivity index (χ4n) is 3.82. The lowest BCUT2D eigenvalue weighted by Crippen LogP contribution is -2.45. The number of sulfonamides is 1. The highest BCUT2D eigenvalue weighted by Crippen LogP contribution is 2.20. The van der Waals surface area contributed by atoms with Crippen LogP contribution >= 0.6 is 0 Å². The summed E-state index contributed by atoms with van der Waals surface area (Å²) in [7, 11) is -3.88. The van der Waals surface area contributed by atoms with E-state index >= 15 is 0 Å². The summed E-state index contributed by atoms with van der Waals surface area (Å²) in [5, 5.41) is 2.87. The number of hydrogen-bond donors (Lipinski definition) is 2. The highest BCUT2D eigenvalue weighted by molar-refractivity contribution is 7.89. The second kappa shape index (κ2) is 10.8. The van der Waals surface area contributed by atoms with E-state index < -0.39 is 22.0 Å². The molecule has 8 heteroatoms. The van der Waals surface area contributed by atoms with Gasteiger partial charge in [-0.15, -0.1) is 0 Å². The highest BCUT2D eigenvalue weighted by Gasteiger charge is 2.26. The van der Waals surface area contributed by atoms with Crippen molar-refractivity contribution >= 4 is 27.3 Å². The van der Waals surface area contributed by atoms with E-state index in [1.165, 1.54) is 0 Å². The molecule has 0 aromatic heterocycles. The summed E-state index contributed by atoms with van der Waals surface area (Å²) in [6.45, 7) is 4.93. The normalized spacial score (nSPS) is 15.0. The van der Waals surface area contributed by atoms with Gasteiger partial charge in [0.25, 0.3) is 0 Å². The van der Waals surface area contributed by atoms with Gasteiger partial charge >= 0.3 is 0 Å². The largest absolute Gasteiger partial charge is 0.378 e. The average Bonchev–Trinajstić information content (AvgIpc) is 2.85. The van der Waals surface area contributed by atoms with Crippen LogP contribution in [0, 0.1) is 6.92 Å². The maximum atomic E-state index is 13.2. The van der Waals surface area contributed by atoms with Crippen molar-refractivity contribution in [3.8, 4) is 0 Å². The van der Waals surface area contributed by atoms with Gasteiger partial charge in [-0.2, -0.15) is 4.72 Å².